The Labute approximate surface area is 136 Å². The van der Waals surface area contributed by atoms with Gasteiger partial charge in [0.25, 0.3) is 6.34 Å². The molecule has 0 radical (unpaired) electrons. The fraction of sp³-hybridized carbons (Fsp3) is 0. The highest BCUT2D eigenvalue weighted by atomic mass is 35.5. The molecule has 1 unspecified atom stereocenters. The Kier molecular flexibility index (Phi) is 3.03. The third-order valence-corrected chi connectivity index (χ3v) is 3.48. The molecule has 23 heavy (non-hydrogen) atoms. The molecule has 0 spiro atoms. The third-order valence-electron chi connectivity index (χ3n) is 3.23. The number of aliphatic imine (C=N–C) groups is 2. The first-order valence-electron chi connectivity index (χ1n) is 6.74. The maximum atomic E-state index is 5.91. The number of amidine groups is 2. The number of fused-ring (bicyclic) bond motifs is 1. The summed E-state index contributed by atoms with van der Waals surface area (Å²) in [4.78, 5) is 14.6. The van der Waals surface area contributed by atoms with Gasteiger partial charge in [-0.2, -0.15) is 9.98 Å². The van der Waals surface area contributed by atoms with Gasteiger partial charge in [-0.05, 0) is 41.5 Å². The van der Waals surface area contributed by atoms with Crippen LogP contribution in [0.4, 0.5) is 0 Å². The molecule has 0 aliphatic carbocycles. The molecule has 1 aromatic carbocycles. The van der Waals surface area contributed by atoms with Crippen molar-refractivity contribution in [2.75, 3.05) is 0 Å². The minimum atomic E-state index is -0.391. The van der Waals surface area contributed by atoms with Crippen LogP contribution in [0.25, 0.3) is 0 Å². The predicted molar refractivity (Wildman–Crippen MR) is 85.8 cm³/mol. The second kappa shape index (κ2) is 5.08. The van der Waals surface area contributed by atoms with E-state index in [0.717, 1.165) is 0 Å². The SMILES string of the molecule is NC1=N[N+]2(Oc3ccc(Cl)cc3)C=NC(c3ccco3)=NC2=C1. The van der Waals surface area contributed by atoms with E-state index in [1.807, 2.05) is 0 Å². The molecule has 2 N–H and O–H groups in total. The van der Waals surface area contributed by atoms with Crippen molar-refractivity contribution in [3.05, 3.63) is 65.3 Å². The summed E-state index contributed by atoms with van der Waals surface area (Å²) in [5.74, 6) is 2.32. The molecular formula is C15H11ClN5O2+. The normalized spacial score (nSPS) is 22.2. The summed E-state index contributed by atoms with van der Waals surface area (Å²) in [5.41, 5.74) is 5.82. The van der Waals surface area contributed by atoms with Crippen LogP contribution in [-0.2, 0) is 0 Å². The van der Waals surface area contributed by atoms with E-state index in [9.17, 15) is 0 Å². The number of nitrogens with two attached hydrogens (primary N) is 1. The van der Waals surface area contributed by atoms with Crippen LogP contribution >= 0.6 is 11.6 Å². The van der Waals surface area contributed by atoms with Gasteiger partial charge >= 0.3 is 5.82 Å². The van der Waals surface area contributed by atoms with Crippen molar-refractivity contribution in [2.24, 2.45) is 20.8 Å². The maximum absolute atomic E-state index is 5.91. The van der Waals surface area contributed by atoms with Gasteiger partial charge in [-0.3, -0.25) is 4.84 Å². The summed E-state index contributed by atoms with van der Waals surface area (Å²) in [5, 5.41) is 4.89. The minimum absolute atomic E-state index is 0.296. The number of nitrogens with zero attached hydrogens (tertiary/aromatic N) is 4. The van der Waals surface area contributed by atoms with Crippen molar-refractivity contribution < 1.29 is 14.0 Å². The standard InChI is InChI=1S/C15H11ClN5O2/c16-10-3-5-11(6-4-10)23-21-9-18-15(12-2-1-7-22-12)19-14(21)8-13(17)20-21/h1-9H,(H2,17,20)/q+1. The Bertz CT molecular complexity index is 868. The molecule has 2 aliphatic rings. The van der Waals surface area contributed by atoms with Crippen molar-refractivity contribution in [2.45, 2.75) is 0 Å². The highest BCUT2D eigenvalue weighted by molar-refractivity contribution is 6.30. The number of benzene rings is 1. The van der Waals surface area contributed by atoms with E-state index in [2.05, 4.69) is 15.1 Å². The number of quaternary nitrogens is 1. The molecule has 2 aromatic rings. The zero-order chi connectivity index (χ0) is 15.9. The number of furan rings is 1. The van der Waals surface area contributed by atoms with Crippen LogP contribution in [0.3, 0.4) is 0 Å². The van der Waals surface area contributed by atoms with Crippen LogP contribution < -0.4 is 10.6 Å². The summed E-state index contributed by atoms with van der Waals surface area (Å²) in [6.45, 7) is 0. The number of hydrogen-bond donors (Lipinski definition) is 1. The van der Waals surface area contributed by atoms with Crippen LogP contribution in [0.15, 0.2) is 74.1 Å². The van der Waals surface area contributed by atoms with Gasteiger partial charge in [0, 0.05) is 5.02 Å². The van der Waals surface area contributed by atoms with Crippen molar-refractivity contribution >= 4 is 29.6 Å². The van der Waals surface area contributed by atoms with Crippen LogP contribution in [0.2, 0.25) is 5.02 Å². The number of hydroxylamine groups is 2. The number of rotatable bonds is 3. The van der Waals surface area contributed by atoms with E-state index in [1.54, 1.807) is 48.7 Å². The Morgan fingerprint density at radius 3 is 2.74 bits per heavy atom. The summed E-state index contributed by atoms with van der Waals surface area (Å²) < 4.78 is 4.92. The Hall–Kier alpha value is -2.90. The van der Waals surface area contributed by atoms with E-state index in [0.29, 0.717) is 34.0 Å². The van der Waals surface area contributed by atoms with Gasteiger partial charge in [0.2, 0.25) is 5.84 Å². The molecule has 3 heterocycles. The molecular weight excluding hydrogens is 318 g/mol. The van der Waals surface area contributed by atoms with Crippen molar-refractivity contribution in [3.63, 3.8) is 0 Å². The largest absolute Gasteiger partial charge is 0.461 e. The van der Waals surface area contributed by atoms with Gasteiger partial charge in [0.15, 0.2) is 17.3 Å². The molecule has 8 heteroatoms. The topological polar surface area (TPSA) is 85.5 Å². The summed E-state index contributed by atoms with van der Waals surface area (Å²) in [6, 6.07) is 10.5. The average Bonchev–Trinajstić information content (AvgIpc) is 3.15. The maximum Gasteiger partial charge on any atom is 0.310 e. The fourth-order valence-electron chi connectivity index (χ4n) is 2.21. The first kappa shape index (κ1) is 13.7. The van der Waals surface area contributed by atoms with E-state index >= 15 is 0 Å². The number of halogens is 1. The third kappa shape index (κ3) is 2.41. The molecule has 2 aliphatic heterocycles. The van der Waals surface area contributed by atoms with Gasteiger partial charge in [-0.1, -0.05) is 11.6 Å². The second-order valence-electron chi connectivity index (χ2n) is 4.85. The molecule has 0 saturated carbocycles. The molecule has 0 amide bonds. The van der Waals surface area contributed by atoms with E-state index in [1.165, 1.54) is 6.34 Å². The molecule has 114 valence electrons. The van der Waals surface area contributed by atoms with Crippen LogP contribution in [0, 0.1) is 0 Å². The molecule has 0 fully saturated rings. The Morgan fingerprint density at radius 1 is 1.17 bits per heavy atom. The molecule has 1 aromatic heterocycles. The van der Waals surface area contributed by atoms with E-state index in [4.69, 9.17) is 26.6 Å². The monoisotopic (exact) mass is 328 g/mol. The number of hydrogen-bond acceptors (Lipinski definition) is 6. The first-order chi connectivity index (χ1) is 11.1. The van der Waals surface area contributed by atoms with E-state index in [-0.39, 0.29) is 0 Å². The van der Waals surface area contributed by atoms with Crippen LogP contribution in [0.1, 0.15) is 5.76 Å². The minimum Gasteiger partial charge on any atom is -0.461 e. The van der Waals surface area contributed by atoms with Gasteiger partial charge in [0.1, 0.15) is 0 Å². The molecule has 0 bridgehead atoms. The summed E-state index contributed by atoms with van der Waals surface area (Å²) in [6.07, 6.45) is 4.69. The van der Waals surface area contributed by atoms with Crippen molar-refractivity contribution in [1.82, 2.24) is 0 Å². The molecule has 0 saturated heterocycles. The summed E-state index contributed by atoms with van der Waals surface area (Å²) in [7, 11) is 0. The Morgan fingerprint density at radius 2 is 2.00 bits per heavy atom. The highest BCUT2D eigenvalue weighted by Gasteiger charge is 2.45. The Balaban J connectivity index is 1.70. The predicted octanol–water partition coefficient (Wildman–Crippen LogP) is 2.66. The van der Waals surface area contributed by atoms with Gasteiger partial charge < -0.3 is 10.2 Å². The van der Waals surface area contributed by atoms with Gasteiger partial charge in [-0.25, -0.2) is 0 Å². The molecule has 1 atom stereocenters. The van der Waals surface area contributed by atoms with Crippen molar-refractivity contribution in [3.8, 4) is 5.75 Å². The molecule has 4 rings (SSSR count). The van der Waals surface area contributed by atoms with E-state index < -0.39 is 4.76 Å². The van der Waals surface area contributed by atoms with Gasteiger partial charge in [-0.15, -0.1) is 0 Å². The molecule has 7 nitrogen and oxygen atoms in total. The fourth-order valence-corrected chi connectivity index (χ4v) is 2.33. The second-order valence-corrected chi connectivity index (χ2v) is 5.29. The van der Waals surface area contributed by atoms with Gasteiger partial charge in [0.05, 0.1) is 17.1 Å². The van der Waals surface area contributed by atoms with Crippen LogP contribution in [0.5, 0.6) is 5.75 Å². The highest BCUT2D eigenvalue weighted by Crippen LogP contribution is 2.30. The lowest BCUT2D eigenvalue weighted by atomic mass is 10.3. The quantitative estimate of drug-likeness (QED) is 0.879. The zero-order valence-electron chi connectivity index (χ0n) is 11.8. The lowest BCUT2D eigenvalue weighted by Gasteiger charge is -2.23. The van der Waals surface area contributed by atoms with Crippen molar-refractivity contribution in [1.29, 1.82) is 0 Å². The van der Waals surface area contributed by atoms with Crippen LogP contribution in [-0.4, -0.2) is 22.8 Å². The summed E-state index contributed by atoms with van der Waals surface area (Å²) >= 11 is 5.89. The zero-order valence-corrected chi connectivity index (χ0v) is 12.5. The lowest BCUT2D eigenvalue weighted by molar-refractivity contribution is -0.973. The lowest BCUT2D eigenvalue weighted by Crippen LogP contribution is -2.44. The average molecular weight is 329 g/mol. The smallest absolute Gasteiger partial charge is 0.310 e. The first-order valence-corrected chi connectivity index (χ1v) is 7.12.